The van der Waals surface area contributed by atoms with Gasteiger partial charge in [0.05, 0.1) is 20.8 Å². The van der Waals surface area contributed by atoms with Crippen molar-refractivity contribution in [2.45, 2.75) is 117 Å². The second-order valence-electron chi connectivity index (χ2n) is 16.2. The van der Waals surface area contributed by atoms with Gasteiger partial charge < -0.3 is 25.6 Å². The number of nitrogens with one attached hydrogen (secondary N) is 3. The summed E-state index contributed by atoms with van der Waals surface area (Å²) in [5.74, 6) is 0.194. The molecule has 1 aromatic heterocycles. The van der Waals surface area contributed by atoms with E-state index in [-0.39, 0.29) is 65.8 Å². The first-order valence-electron chi connectivity index (χ1n) is 20.6. The van der Waals surface area contributed by atoms with Gasteiger partial charge in [0.1, 0.15) is 28.6 Å². The van der Waals surface area contributed by atoms with E-state index in [1.165, 1.54) is 56.7 Å². The van der Waals surface area contributed by atoms with E-state index in [4.69, 9.17) is 51.1 Å². The SMILES string of the molecule is CCCCCCCCCCCCC(Oc1ccc(O)c(C(C)(C)C)c1)C(=O)Nc1ccc(Cl)c(Nc2[nH]n(-c3c(Cl)cc(Cl)cc3Cl)c(=O)c2N=Nc2ccc(C)cc2O)c1. The van der Waals surface area contributed by atoms with E-state index >= 15 is 0 Å². The molecule has 15 heteroatoms. The van der Waals surface area contributed by atoms with Crippen LogP contribution in [0, 0.1) is 6.92 Å². The summed E-state index contributed by atoms with van der Waals surface area (Å²) in [6.07, 6.45) is 11.2. The lowest BCUT2D eigenvalue weighted by molar-refractivity contribution is -0.123. The van der Waals surface area contributed by atoms with Crippen LogP contribution in [-0.4, -0.2) is 32.0 Å². The number of carbonyl (C=O) groups excluding carboxylic acids is 1. The van der Waals surface area contributed by atoms with Gasteiger partial charge in [0.2, 0.25) is 0 Å². The molecule has 0 aliphatic rings. The van der Waals surface area contributed by atoms with E-state index in [1.807, 2.05) is 27.7 Å². The Morgan fingerprint density at radius 1 is 0.803 bits per heavy atom. The monoisotopic (exact) mass is 910 g/mol. The summed E-state index contributed by atoms with van der Waals surface area (Å²) in [4.78, 5) is 28.0. The Kier molecular flexibility index (Phi) is 17.0. The van der Waals surface area contributed by atoms with Gasteiger partial charge in [-0.1, -0.05) is 138 Å². The molecule has 326 valence electrons. The lowest BCUT2D eigenvalue weighted by atomic mass is 9.86. The molecule has 0 aliphatic carbocycles. The fourth-order valence-electron chi connectivity index (χ4n) is 6.81. The van der Waals surface area contributed by atoms with E-state index < -0.39 is 11.7 Å². The summed E-state index contributed by atoms with van der Waals surface area (Å²) in [7, 11) is 0. The summed E-state index contributed by atoms with van der Waals surface area (Å²) in [5.41, 5.74) is 1.23. The fourth-order valence-corrected chi connectivity index (χ4v) is 7.96. The number of phenolic OH excluding ortho intramolecular Hbond substituents is 2. The molecule has 0 spiro atoms. The first-order chi connectivity index (χ1) is 29.0. The van der Waals surface area contributed by atoms with Crippen LogP contribution in [0.25, 0.3) is 5.69 Å². The van der Waals surface area contributed by atoms with Crippen molar-refractivity contribution >= 4 is 80.9 Å². The number of aromatic amines is 1. The number of aromatic nitrogens is 2. The number of azo groups is 1. The lowest BCUT2D eigenvalue weighted by Crippen LogP contribution is -2.33. The molecule has 1 unspecified atom stereocenters. The highest BCUT2D eigenvalue weighted by atomic mass is 35.5. The third-order valence-corrected chi connectivity index (χ3v) is 11.2. The molecule has 5 aromatic rings. The summed E-state index contributed by atoms with van der Waals surface area (Å²) in [6, 6.07) is 17.6. The molecule has 1 atom stereocenters. The Bertz CT molecular complexity index is 2370. The number of benzene rings is 4. The van der Waals surface area contributed by atoms with Crippen molar-refractivity contribution in [1.29, 1.82) is 0 Å². The number of unbranched alkanes of at least 4 members (excludes halogenated alkanes) is 9. The number of amides is 1. The molecule has 5 rings (SSSR count). The fraction of sp³-hybridized carbons (Fsp3) is 0.391. The Hall–Kier alpha value is -4.68. The number of H-pyrrole nitrogens is 1. The van der Waals surface area contributed by atoms with E-state index in [2.05, 4.69) is 32.9 Å². The number of nitrogens with zero attached hydrogens (tertiary/aromatic N) is 3. The Balaban J connectivity index is 1.40. The summed E-state index contributed by atoms with van der Waals surface area (Å²) in [5, 5.41) is 39.2. The Morgan fingerprint density at radius 2 is 1.46 bits per heavy atom. The highest BCUT2D eigenvalue weighted by Crippen LogP contribution is 2.37. The number of rotatable bonds is 20. The molecular weight excluding hydrogens is 858 g/mol. The van der Waals surface area contributed by atoms with Gasteiger partial charge in [-0.15, -0.1) is 10.2 Å². The zero-order chi connectivity index (χ0) is 44.3. The van der Waals surface area contributed by atoms with Crippen LogP contribution >= 0.6 is 46.4 Å². The number of halogens is 4. The molecule has 0 radical (unpaired) electrons. The van der Waals surface area contributed by atoms with Crippen LogP contribution in [0.5, 0.6) is 17.2 Å². The van der Waals surface area contributed by atoms with Gasteiger partial charge >= 0.3 is 5.56 Å². The van der Waals surface area contributed by atoms with Gasteiger partial charge in [0.25, 0.3) is 5.91 Å². The molecular formula is C46H54Cl4N6O5. The minimum atomic E-state index is -0.844. The zero-order valence-electron chi connectivity index (χ0n) is 35.2. The number of phenols is 2. The predicted octanol–water partition coefficient (Wildman–Crippen LogP) is 14.7. The molecule has 0 saturated heterocycles. The molecule has 0 aliphatic heterocycles. The molecule has 5 N–H and O–H groups in total. The number of carbonyl (C=O) groups is 1. The van der Waals surface area contributed by atoms with E-state index in [9.17, 15) is 19.8 Å². The number of hydrogen-bond donors (Lipinski definition) is 5. The second kappa shape index (κ2) is 21.9. The van der Waals surface area contributed by atoms with Crippen LogP contribution < -0.4 is 20.9 Å². The minimum Gasteiger partial charge on any atom is -0.508 e. The predicted molar refractivity (Wildman–Crippen MR) is 249 cm³/mol. The Labute approximate surface area is 377 Å². The number of ether oxygens (including phenoxy) is 1. The largest absolute Gasteiger partial charge is 0.508 e. The topological polar surface area (TPSA) is 153 Å². The van der Waals surface area contributed by atoms with Crippen molar-refractivity contribution in [3.05, 3.63) is 108 Å². The van der Waals surface area contributed by atoms with Gasteiger partial charge in [-0.05, 0) is 91.4 Å². The first-order valence-corrected chi connectivity index (χ1v) is 22.2. The third-order valence-electron chi connectivity index (χ3n) is 10.1. The van der Waals surface area contributed by atoms with E-state index in [0.717, 1.165) is 35.9 Å². The van der Waals surface area contributed by atoms with Gasteiger partial charge in [-0.2, -0.15) is 0 Å². The number of anilines is 3. The zero-order valence-corrected chi connectivity index (χ0v) is 38.2. The van der Waals surface area contributed by atoms with Crippen LogP contribution in [-0.2, 0) is 10.2 Å². The van der Waals surface area contributed by atoms with Crippen LogP contribution in [0.1, 0.15) is 109 Å². The van der Waals surface area contributed by atoms with E-state index in [1.54, 1.807) is 48.5 Å². The maximum atomic E-state index is 14.1. The van der Waals surface area contributed by atoms with Crippen molar-refractivity contribution < 1.29 is 19.7 Å². The molecule has 4 aromatic carbocycles. The quantitative estimate of drug-likeness (QED) is 0.0387. The van der Waals surface area contributed by atoms with Gasteiger partial charge in [-0.25, -0.2) is 4.68 Å². The van der Waals surface area contributed by atoms with Crippen LogP contribution in [0.15, 0.2) is 81.8 Å². The van der Waals surface area contributed by atoms with Crippen molar-refractivity contribution in [2.24, 2.45) is 10.2 Å². The third kappa shape index (κ3) is 13.2. The lowest BCUT2D eigenvalue weighted by Gasteiger charge is -2.23. The minimum absolute atomic E-state index is 0.0527. The van der Waals surface area contributed by atoms with Crippen molar-refractivity contribution in [2.75, 3.05) is 10.6 Å². The summed E-state index contributed by atoms with van der Waals surface area (Å²) < 4.78 is 7.47. The summed E-state index contributed by atoms with van der Waals surface area (Å²) in [6.45, 7) is 10.0. The van der Waals surface area contributed by atoms with Crippen LogP contribution in [0.4, 0.5) is 28.6 Å². The second-order valence-corrected chi connectivity index (χ2v) is 17.9. The van der Waals surface area contributed by atoms with Crippen LogP contribution in [0.3, 0.4) is 0 Å². The Morgan fingerprint density at radius 3 is 2.10 bits per heavy atom. The molecule has 11 nitrogen and oxygen atoms in total. The molecule has 61 heavy (non-hydrogen) atoms. The highest BCUT2D eigenvalue weighted by Gasteiger charge is 2.25. The number of hydrogen-bond acceptors (Lipinski definition) is 8. The van der Waals surface area contributed by atoms with Crippen LogP contribution in [0.2, 0.25) is 20.1 Å². The molecule has 0 bridgehead atoms. The van der Waals surface area contributed by atoms with Crippen molar-refractivity contribution in [3.8, 4) is 22.9 Å². The maximum absolute atomic E-state index is 14.1. The smallest absolute Gasteiger partial charge is 0.301 e. The number of aromatic hydroxyl groups is 2. The normalized spacial score (nSPS) is 12.2. The molecule has 1 amide bonds. The molecule has 0 fully saturated rings. The molecule has 0 saturated carbocycles. The standard InChI is InChI=1S/C46H54Cl4N6O5/c1-6-7-8-9-10-11-12-13-14-15-16-40(61-31-19-22-38(57)32(27-31)46(3,4)5)44(59)51-30-18-20-33(48)37(26-30)52-43-41(54-53-36-21-17-28(2)23-39(36)58)45(60)56(55-43)42-34(49)24-29(47)25-35(42)50/h17-27,40,52,55,57-58H,6-16H2,1-5H3,(H,51,59). The average molecular weight is 913 g/mol. The van der Waals surface area contributed by atoms with Crippen molar-refractivity contribution in [1.82, 2.24) is 9.78 Å². The first kappa shape index (κ1) is 47.4. The highest BCUT2D eigenvalue weighted by molar-refractivity contribution is 6.40. The van der Waals surface area contributed by atoms with Gasteiger partial charge in [0, 0.05) is 16.3 Å². The average Bonchev–Trinajstić information content (AvgIpc) is 3.48. The maximum Gasteiger partial charge on any atom is 0.301 e. The summed E-state index contributed by atoms with van der Waals surface area (Å²) >= 11 is 25.9. The molecule has 1 heterocycles. The van der Waals surface area contributed by atoms with Gasteiger partial charge in [0.15, 0.2) is 17.6 Å². The van der Waals surface area contributed by atoms with E-state index in [0.29, 0.717) is 29.1 Å². The van der Waals surface area contributed by atoms with Gasteiger partial charge in [-0.3, -0.25) is 14.7 Å². The number of aryl methyl sites for hydroxylation is 1. The van der Waals surface area contributed by atoms with Crippen molar-refractivity contribution in [3.63, 3.8) is 0 Å².